The minimum absolute atomic E-state index is 0.0127. The normalized spacial score (nSPS) is 12.4. The van der Waals surface area contributed by atoms with Gasteiger partial charge in [0, 0.05) is 31.7 Å². The molecule has 0 aromatic heterocycles. The Labute approximate surface area is 276 Å². The first kappa shape index (κ1) is 33.4. The van der Waals surface area contributed by atoms with E-state index in [1.165, 1.54) is 9.80 Å². The smallest absolute Gasteiger partial charge is 0.410 e. The number of rotatable bonds is 14. The molecule has 0 bridgehead atoms. The number of carbonyl (C=O) groups excluding carboxylic acids is 4. The van der Waals surface area contributed by atoms with Gasteiger partial charge in [-0.3, -0.25) is 14.4 Å². The molecular weight excluding hydrogens is 613 g/mol. The van der Waals surface area contributed by atoms with Crippen LogP contribution in [0.2, 0.25) is 0 Å². The van der Waals surface area contributed by atoms with Crippen LogP contribution in [0.25, 0.3) is 11.1 Å². The molecule has 0 heterocycles. The van der Waals surface area contributed by atoms with E-state index in [-0.39, 0.29) is 44.9 Å². The van der Waals surface area contributed by atoms with Gasteiger partial charge in [0.25, 0.3) is 0 Å². The first-order chi connectivity index (χ1) is 22.9. The van der Waals surface area contributed by atoms with Crippen LogP contribution in [-0.2, 0) is 36.9 Å². The SMILES string of the molecule is NC(=O)[C@H](Cc1ccccc1)N(CCN(CP)C(=O)OCC1c2ccccc2-c2ccccc21)C(=O)CC(=O)OCc1ccccc1. The Kier molecular flexibility index (Phi) is 11.4. The molecule has 0 saturated heterocycles. The summed E-state index contributed by atoms with van der Waals surface area (Å²) in [6, 6.07) is 33.4. The maximum absolute atomic E-state index is 13.6. The molecule has 4 aromatic rings. The van der Waals surface area contributed by atoms with E-state index in [1.54, 1.807) is 0 Å². The van der Waals surface area contributed by atoms with E-state index in [2.05, 4.69) is 21.4 Å². The van der Waals surface area contributed by atoms with E-state index in [0.717, 1.165) is 33.4 Å². The van der Waals surface area contributed by atoms with E-state index in [4.69, 9.17) is 15.2 Å². The fourth-order valence-corrected chi connectivity index (χ4v) is 6.17. The van der Waals surface area contributed by atoms with Gasteiger partial charge in [-0.05, 0) is 33.4 Å². The second-order valence-electron chi connectivity index (χ2n) is 11.3. The first-order valence-corrected chi connectivity index (χ1v) is 16.3. The number of fused-ring (bicyclic) bond motifs is 3. The number of ether oxygens (including phenoxy) is 2. The van der Waals surface area contributed by atoms with E-state index in [9.17, 15) is 19.2 Å². The fraction of sp³-hybridized carbons (Fsp3) is 0.243. The third kappa shape index (κ3) is 8.43. The number of amides is 3. The molecule has 5 rings (SSSR count). The maximum atomic E-state index is 13.6. The van der Waals surface area contributed by atoms with Crippen molar-refractivity contribution in [3.05, 3.63) is 131 Å². The largest absolute Gasteiger partial charge is 0.460 e. The third-order valence-electron chi connectivity index (χ3n) is 8.26. The highest BCUT2D eigenvalue weighted by Crippen LogP contribution is 2.44. The number of benzene rings is 4. The first-order valence-electron chi connectivity index (χ1n) is 15.5. The predicted molar refractivity (Wildman–Crippen MR) is 182 cm³/mol. The van der Waals surface area contributed by atoms with Gasteiger partial charge in [0.2, 0.25) is 11.8 Å². The highest BCUT2D eigenvalue weighted by molar-refractivity contribution is 7.16. The summed E-state index contributed by atoms with van der Waals surface area (Å²) in [5.41, 5.74) is 11.8. The van der Waals surface area contributed by atoms with Crippen LogP contribution in [0, 0.1) is 0 Å². The van der Waals surface area contributed by atoms with Crippen LogP contribution < -0.4 is 5.73 Å². The average molecular weight is 652 g/mol. The van der Waals surface area contributed by atoms with E-state index in [0.29, 0.717) is 0 Å². The van der Waals surface area contributed by atoms with E-state index in [1.807, 2.05) is 97.1 Å². The van der Waals surface area contributed by atoms with Crippen molar-refractivity contribution in [3.8, 4) is 11.1 Å². The molecule has 1 aliphatic rings. The van der Waals surface area contributed by atoms with Gasteiger partial charge in [-0.1, -0.05) is 109 Å². The van der Waals surface area contributed by atoms with Crippen molar-refractivity contribution in [2.75, 3.05) is 26.0 Å². The second-order valence-corrected chi connectivity index (χ2v) is 11.6. The standard InChI is InChI=1S/C37H38N3O6P/c38-36(43)33(21-26-11-3-1-4-12-26)40(34(41)22-35(42)45-23-27-13-5-2-6-14-27)20-19-39(25-47)37(44)46-24-32-30-17-9-7-15-28(30)29-16-8-10-18-31(29)32/h1-18,32-33H,19-25,47H2,(H2,38,43)/t33-/m0/s1. The summed E-state index contributed by atoms with van der Waals surface area (Å²) in [4.78, 5) is 55.1. The summed E-state index contributed by atoms with van der Waals surface area (Å²) in [6.45, 7) is 0.147. The maximum Gasteiger partial charge on any atom is 0.410 e. The Morgan fingerprint density at radius 2 is 1.28 bits per heavy atom. The predicted octanol–water partition coefficient (Wildman–Crippen LogP) is 5.13. The number of primary amides is 1. The van der Waals surface area contributed by atoms with Gasteiger partial charge in [-0.15, -0.1) is 9.24 Å². The number of hydrogen-bond donors (Lipinski definition) is 1. The van der Waals surface area contributed by atoms with Crippen LogP contribution in [0.15, 0.2) is 109 Å². The Balaban J connectivity index is 1.26. The zero-order valence-corrected chi connectivity index (χ0v) is 27.2. The quantitative estimate of drug-likeness (QED) is 0.115. The lowest BCUT2D eigenvalue weighted by atomic mass is 9.98. The lowest BCUT2D eigenvalue weighted by molar-refractivity contribution is -0.152. The molecule has 0 fully saturated rings. The van der Waals surface area contributed by atoms with E-state index >= 15 is 0 Å². The summed E-state index contributed by atoms with van der Waals surface area (Å²) in [6.07, 6.45) is -0.780. The van der Waals surface area contributed by atoms with Crippen molar-refractivity contribution in [2.24, 2.45) is 5.73 Å². The number of nitrogens with two attached hydrogens (primary N) is 1. The molecule has 9 nitrogen and oxygen atoms in total. The molecule has 0 aliphatic heterocycles. The molecule has 10 heteroatoms. The monoisotopic (exact) mass is 651 g/mol. The van der Waals surface area contributed by atoms with Crippen LogP contribution in [0.5, 0.6) is 0 Å². The molecule has 47 heavy (non-hydrogen) atoms. The molecule has 0 saturated carbocycles. The van der Waals surface area contributed by atoms with Gasteiger partial charge in [0.1, 0.15) is 25.7 Å². The minimum Gasteiger partial charge on any atom is -0.460 e. The molecule has 2 N–H and O–H groups in total. The topological polar surface area (TPSA) is 119 Å². The van der Waals surface area contributed by atoms with Gasteiger partial charge in [-0.25, -0.2) is 4.79 Å². The molecule has 1 aliphatic carbocycles. The minimum atomic E-state index is -1.05. The zero-order valence-electron chi connectivity index (χ0n) is 26.0. The fourth-order valence-electron chi connectivity index (χ4n) is 5.84. The summed E-state index contributed by atoms with van der Waals surface area (Å²) in [7, 11) is 2.50. The lowest BCUT2D eigenvalue weighted by Crippen LogP contribution is -2.52. The molecule has 0 radical (unpaired) electrons. The summed E-state index contributed by atoms with van der Waals surface area (Å²) >= 11 is 0. The lowest BCUT2D eigenvalue weighted by Gasteiger charge is -2.32. The van der Waals surface area contributed by atoms with Crippen LogP contribution in [0.4, 0.5) is 4.79 Å². The van der Waals surface area contributed by atoms with Crippen LogP contribution in [-0.4, -0.2) is 65.7 Å². The van der Waals surface area contributed by atoms with Gasteiger partial charge < -0.3 is 25.0 Å². The highest BCUT2D eigenvalue weighted by Gasteiger charge is 2.32. The summed E-state index contributed by atoms with van der Waals surface area (Å²) < 4.78 is 11.2. The van der Waals surface area contributed by atoms with Crippen molar-refractivity contribution in [2.45, 2.75) is 31.4 Å². The number of hydrogen-bond acceptors (Lipinski definition) is 6. The van der Waals surface area contributed by atoms with Gasteiger partial charge in [-0.2, -0.15) is 0 Å². The zero-order chi connectivity index (χ0) is 33.2. The Morgan fingerprint density at radius 1 is 0.723 bits per heavy atom. The molecule has 1 unspecified atom stereocenters. The summed E-state index contributed by atoms with van der Waals surface area (Å²) in [5.74, 6) is -2.19. The van der Waals surface area contributed by atoms with Crippen LogP contribution in [0.1, 0.15) is 34.6 Å². The van der Waals surface area contributed by atoms with Crippen molar-refractivity contribution < 1.29 is 28.7 Å². The number of nitrogens with zero attached hydrogens (tertiary/aromatic N) is 2. The third-order valence-corrected chi connectivity index (χ3v) is 8.70. The van der Waals surface area contributed by atoms with Gasteiger partial charge >= 0.3 is 12.1 Å². The summed E-state index contributed by atoms with van der Waals surface area (Å²) in [5, 5.41) is 0. The van der Waals surface area contributed by atoms with Gasteiger partial charge in [0.05, 0.1) is 0 Å². The van der Waals surface area contributed by atoms with Crippen LogP contribution in [0.3, 0.4) is 0 Å². The molecule has 242 valence electrons. The Bertz CT molecular complexity index is 1660. The van der Waals surface area contributed by atoms with Crippen molar-refractivity contribution >= 4 is 33.1 Å². The highest BCUT2D eigenvalue weighted by atomic mass is 31.0. The molecule has 4 aromatic carbocycles. The second kappa shape index (κ2) is 16.0. The molecule has 3 amide bonds. The molecule has 2 atom stereocenters. The molecule has 0 spiro atoms. The Hall–Kier alpha value is -5.01. The number of esters is 1. The average Bonchev–Trinajstić information content (AvgIpc) is 3.41. The van der Waals surface area contributed by atoms with Gasteiger partial charge in [0.15, 0.2) is 0 Å². The number of carbonyl (C=O) groups is 4. The van der Waals surface area contributed by atoms with E-state index < -0.39 is 36.3 Å². The Morgan fingerprint density at radius 3 is 1.85 bits per heavy atom. The molecular formula is C37H38N3O6P. The van der Waals surface area contributed by atoms with Crippen LogP contribution >= 0.6 is 9.24 Å². The van der Waals surface area contributed by atoms with Crippen molar-refractivity contribution in [1.29, 1.82) is 0 Å². The van der Waals surface area contributed by atoms with Crippen molar-refractivity contribution in [1.82, 2.24) is 9.80 Å². The van der Waals surface area contributed by atoms with Crippen molar-refractivity contribution in [3.63, 3.8) is 0 Å².